The van der Waals surface area contributed by atoms with Crippen LogP contribution in [0.15, 0.2) is 57.3 Å². The minimum absolute atomic E-state index is 0.144. The molecular weight excluding hydrogens is 347 g/mol. The Morgan fingerprint density at radius 2 is 1.41 bits per heavy atom. The van der Waals surface area contributed by atoms with E-state index in [2.05, 4.69) is 9.98 Å². The van der Waals surface area contributed by atoms with Crippen molar-refractivity contribution in [1.82, 2.24) is 0 Å². The van der Waals surface area contributed by atoms with E-state index in [-0.39, 0.29) is 10.7 Å². The van der Waals surface area contributed by atoms with Gasteiger partial charge in [-0.05, 0) is 35.9 Å². The molecule has 0 bridgehead atoms. The summed E-state index contributed by atoms with van der Waals surface area (Å²) in [6.07, 6.45) is -0.763. The van der Waals surface area contributed by atoms with Crippen LogP contribution in [-0.2, 0) is 0 Å². The van der Waals surface area contributed by atoms with Crippen molar-refractivity contribution in [2.45, 2.75) is 11.1 Å². The molecule has 118 valence electrons. The molecule has 2 aromatic rings. The average molecular weight is 355 g/mol. The van der Waals surface area contributed by atoms with Crippen molar-refractivity contribution in [3.05, 3.63) is 63.8 Å². The van der Waals surface area contributed by atoms with E-state index in [1.165, 1.54) is 0 Å². The van der Waals surface area contributed by atoms with Crippen LogP contribution in [0.1, 0.15) is 11.7 Å². The van der Waals surface area contributed by atoms with Gasteiger partial charge < -0.3 is 0 Å². The molecule has 0 aliphatic carbocycles. The van der Waals surface area contributed by atoms with Crippen molar-refractivity contribution in [2.24, 2.45) is 9.98 Å². The van der Waals surface area contributed by atoms with Crippen LogP contribution in [0.2, 0.25) is 5.02 Å². The number of nitrogens with zero attached hydrogens (tertiary/aromatic N) is 2. The summed E-state index contributed by atoms with van der Waals surface area (Å²) in [5.41, 5.74) is 0.606. The van der Waals surface area contributed by atoms with Gasteiger partial charge in [0.05, 0.1) is 10.7 Å². The highest BCUT2D eigenvalue weighted by Gasteiger charge is 2.65. The molecule has 0 aromatic heterocycles. The number of hydrogen-bond donors (Lipinski definition) is 0. The molecule has 2 aromatic carbocycles. The molecule has 1 atom stereocenters. The van der Waals surface area contributed by atoms with Crippen LogP contribution in [0.5, 0.6) is 0 Å². The van der Waals surface area contributed by atoms with Crippen LogP contribution in [0.4, 0.5) is 19.4 Å². The van der Waals surface area contributed by atoms with E-state index < -0.39 is 21.3 Å². The summed E-state index contributed by atoms with van der Waals surface area (Å²) in [7, 11) is -9.71. The second-order valence-electron chi connectivity index (χ2n) is 4.80. The van der Waals surface area contributed by atoms with Gasteiger partial charge in [0.2, 0.25) is 0 Å². The first kappa shape index (κ1) is 15.2. The SMILES string of the molecule is FS(F)(F)(F)(F)c1ccc2c(c1)=N[C@@H](c1ccc(Cl)cc1)N=2. The van der Waals surface area contributed by atoms with Gasteiger partial charge >= 0.3 is 10.2 Å². The lowest BCUT2D eigenvalue weighted by Crippen LogP contribution is -2.23. The maximum Gasteiger partial charge on any atom is 0.310 e. The highest BCUT2D eigenvalue weighted by atomic mass is 35.5. The molecule has 1 aliphatic rings. The van der Waals surface area contributed by atoms with E-state index in [1.54, 1.807) is 24.3 Å². The van der Waals surface area contributed by atoms with Crippen molar-refractivity contribution in [3.8, 4) is 0 Å². The fourth-order valence-corrected chi connectivity index (χ4v) is 2.82. The third-order valence-electron chi connectivity index (χ3n) is 3.08. The van der Waals surface area contributed by atoms with Crippen molar-refractivity contribution in [1.29, 1.82) is 0 Å². The van der Waals surface area contributed by atoms with E-state index in [1.807, 2.05) is 0 Å². The Kier molecular flexibility index (Phi) is 2.77. The molecule has 3 rings (SSSR count). The zero-order chi connectivity index (χ0) is 16.2. The second-order valence-corrected chi connectivity index (χ2v) is 7.65. The molecule has 2 nitrogen and oxygen atoms in total. The van der Waals surface area contributed by atoms with Gasteiger partial charge in [0, 0.05) is 5.02 Å². The number of halogens is 6. The lowest BCUT2D eigenvalue weighted by Gasteiger charge is -2.40. The zero-order valence-electron chi connectivity index (χ0n) is 10.7. The molecule has 1 aliphatic heterocycles. The molecule has 0 radical (unpaired) electrons. The van der Waals surface area contributed by atoms with Gasteiger partial charge in [-0.15, -0.1) is 0 Å². The van der Waals surface area contributed by atoms with Crippen molar-refractivity contribution in [3.63, 3.8) is 0 Å². The third-order valence-corrected chi connectivity index (χ3v) is 4.48. The maximum absolute atomic E-state index is 12.8. The predicted octanol–water partition coefficient (Wildman–Crippen LogP) is 4.95. The van der Waals surface area contributed by atoms with Crippen LogP contribution in [0.25, 0.3) is 0 Å². The standard InChI is InChI=1S/C13H8ClF5N2S/c14-9-3-1-8(2-4-9)13-20-11-6-5-10(7-12(11)21-13)22(15,16,17,18)19/h1-7,13H/t13-/m0/s1. The zero-order valence-corrected chi connectivity index (χ0v) is 12.3. The van der Waals surface area contributed by atoms with Gasteiger partial charge in [-0.2, -0.15) is 0 Å². The van der Waals surface area contributed by atoms with Crippen molar-refractivity contribution < 1.29 is 19.4 Å². The molecule has 9 heteroatoms. The van der Waals surface area contributed by atoms with Crippen LogP contribution >= 0.6 is 21.8 Å². The minimum atomic E-state index is -9.71. The predicted molar refractivity (Wildman–Crippen MR) is 74.3 cm³/mol. The van der Waals surface area contributed by atoms with E-state index in [0.717, 1.165) is 6.07 Å². The van der Waals surface area contributed by atoms with Gasteiger partial charge in [-0.25, -0.2) is 0 Å². The number of fused-ring (bicyclic) bond motifs is 1. The van der Waals surface area contributed by atoms with Gasteiger partial charge in [-0.1, -0.05) is 43.2 Å². The molecule has 0 amide bonds. The molecule has 0 unspecified atom stereocenters. The maximum atomic E-state index is 12.8. The molecule has 0 saturated heterocycles. The Labute approximate surface area is 126 Å². The van der Waals surface area contributed by atoms with E-state index in [4.69, 9.17) is 11.6 Å². The lowest BCUT2D eigenvalue weighted by molar-refractivity contribution is 0.364. The summed E-state index contributed by atoms with van der Waals surface area (Å²) in [6.45, 7) is 0. The molecule has 0 N–H and O–H groups in total. The smallest absolute Gasteiger partial charge is 0.252 e. The number of hydrogen-bond acceptors (Lipinski definition) is 2. The molecule has 22 heavy (non-hydrogen) atoms. The molecule has 0 spiro atoms. The topological polar surface area (TPSA) is 24.7 Å². The Bertz CT molecular complexity index is 878. The first-order valence-corrected chi connectivity index (χ1v) is 8.31. The highest BCUT2D eigenvalue weighted by molar-refractivity contribution is 8.45. The fourth-order valence-electron chi connectivity index (χ4n) is 2.03. The molecule has 0 fully saturated rings. The van der Waals surface area contributed by atoms with E-state index >= 15 is 0 Å². The Morgan fingerprint density at radius 1 is 0.818 bits per heavy atom. The van der Waals surface area contributed by atoms with Gasteiger partial charge in [0.25, 0.3) is 0 Å². The van der Waals surface area contributed by atoms with Crippen LogP contribution in [0.3, 0.4) is 0 Å². The van der Waals surface area contributed by atoms with Crippen molar-refractivity contribution >= 4 is 21.8 Å². The Hall–Kier alpha value is -1.67. The van der Waals surface area contributed by atoms with Crippen LogP contribution in [-0.4, -0.2) is 0 Å². The van der Waals surface area contributed by atoms with Gasteiger partial charge in [0.15, 0.2) is 6.17 Å². The Balaban J connectivity index is 2.09. The van der Waals surface area contributed by atoms with Gasteiger partial charge in [-0.3, -0.25) is 9.98 Å². The highest BCUT2D eigenvalue weighted by Crippen LogP contribution is 3.01. The number of benzene rings is 2. The Morgan fingerprint density at radius 3 is 2.00 bits per heavy atom. The second kappa shape index (κ2) is 3.99. The van der Waals surface area contributed by atoms with Crippen LogP contribution in [0, 0.1) is 0 Å². The molecule has 1 heterocycles. The molecule has 0 saturated carbocycles. The summed E-state index contributed by atoms with van der Waals surface area (Å²) in [4.78, 5) is 6.11. The van der Waals surface area contributed by atoms with E-state index in [9.17, 15) is 19.4 Å². The summed E-state index contributed by atoms with van der Waals surface area (Å²) >= 11 is 5.74. The minimum Gasteiger partial charge on any atom is -0.252 e. The fraction of sp³-hybridized carbons (Fsp3) is 0.0769. The van der Waals surface area contributed by atoms with E-state index in [0.29, 0.717) is 22.7 Å². The quantitative estimate of drug-likeness (QED) is 0.682. The number of rotatable bonds is 2. The summed E-state index contributed by atoms with van der Waals surface area (Å²) in [5.74, 6) is 0. The third kappa shape index (κ3) is 2.93. The van der Waals surface area contributed by atoms with Gasteiger partial charge in [0.1, 0.15) is 4.90 Å². The largest absolute Gasteiger partial charge is 0.310 e. The lowest BCUT2D eigenvalue weighted by atomic mass is 10.2. The summed E-state index contributed by atoms with van der Waals surface area (Å²) in [6, 6.07) is 8.01. The molecular formula is C13H8ClF5N2S. The first-order valence-electron chi connectivity index (χ1n) is 5.98. The van der Waals surface area contributed by atoms with Crippen molar-refractivity contribution in [2.75, 3.05) is 0 Å². The monoisotopic (exact) mass is 354 g/mol. The summed E-state index contributed by atoms with van der Waals surface area (Å²) in [5, 5.41) is 0.429. The summed E-state index contributed by atoms with van der Waals surface area (Å²) < 4.78 is 64.0. The van der Waals surface area contributed by atoms with Crippen LogP contribution < -0.4 is 10.7 Å². The normalized spacial score (nSPS) is 20.4. The average Bonchev–Trinajstić information content (AvgIpc) is 2.79. The first-order chi connectivity index (χ1) is 9.92.